The Kier molecular flexibility index (Phi) is 6.95. The number of aryl methyl sites for hydroxylation is 1. The van der Waals surface area contributed by atoms with E-state index in [0.29, 0.717) is 18.8 Å². The summed E-state index contributed by atoms with van der Waals surface area (Å²) in [5.41, 5.74) is 0.372. The summed E-state index contributed by atoms with van der Waals surface area (Å²) < 4.78 is 71.3. The monoisotopic (exact) mass is 405 g/mol. The summed E-state index contributed by atoms with van der Waals surface area (Å²) in [5.74, 6) is -3.01. The van der Waals surface area contributed by atoms with Crippen LogP contribution >= 0.6 is 0 Å². The predicted molar refractivity (Wildman–Crippen MR) is 79.8 cm³/mol. The molecule has 0 radical (unpaired) electrons. The molecule has 0 spiro atoms. The van der Waals surface area contributed by atoms with Crippen LogP contribution in [0.4, 0.5) is 23.2 Å². The summed E-state index contributed by atoms with van der Waals surface area (Å²) in [6.07, 6.45) is -3.09. The third-order valence-corrected chi connectivity index (χ3v) is 4.52. The Balaban J connectivity index is 0.000000412. The number of hydrogen-bond donors (Lipinski definition) is 2. The minimum atomic E-state index is -5.19. The number of nitrogens with one attached hydrogen (secondary N) is 1. The molecule has 14 heteroatoms. The first-order valence-corrected chi connectivity index (χ1v) is 8.76. The Hall–Kier alpha value is -1.93. The van der Waals surface area contributed by atoms with E-state index in [1.165, 1.54) is 10.9 Å². The highest BCUT2D eigenvalue weighted by molar-refractivity contribution is 7.90. The number of likely N-dealkylation sites (tertiary alicyclic amines) is 1. The first-order chi connectivity index (χ1) is 11.7. The number of aromatic nitrogens is 2. The molecule has 0 amide bonds. The molecule has 0 aromatic carbocycles. The molecule has 2 rings (SSSR count). The molecule has 0 bridgehead atoms. The average molecular weight is 405 g/mol. The molecule has 1 aromatic rings. The van der Waals surface area contributed by atoms with Gasteiger partial charge in [0.05, 0.1) is 31.5 Å². The molecule has 1 aliphatic heterocycles. The standard InChI is InChI=1S/C10H18FN5O2S.C2HF3O2/c1-14-5-8(11)3-9(6-14)16(19(12,17)18)10-4-13-15(2)7-10;3-2(4,5)1(6)7/h4,7-9H,3,5-6H2,1-2H3,(H2,12,17,18);(H,6,7)/t8-,9-;/m0./s1. The van der Waals surface area contributed by atoms with Gasteiger partial charge >= 0.3 is 6.18 Å². The Labute approximate surface area is 147 Å². The van der Waals surface area contributed by atoms with Crippen molar-refractivity contribution in [1.82, 2.24) is 9.78 Å². The number of nitrogens with two attached hydrogens (primary N) is 1. The van der Waals surface area contributed by atoms with E-state index in [4.69, 9.17) is 15.0 Å². The predicted octanol–water partition coefficient (Wildman–Crippen LogP) is -2.65. The maximum Gasteiger partial charge on any atom is 0.430 e. The molecule has 1 aromatic heterocycles. The second kappa shape index (κ2) is 8.18. The lowest BCUT2D eigenvalue weighted by Gasteiger charge is -2.35. The van der Waals surface area contributed by atoms with E-state index < -0.39 is 34.6 Å². The quantitative estimate of drug-likeness (QED) is 0.532. The Morgan fingerprint density at radius 3 is 2.35 bits per heavy atom. The van der Waals surface area contributed by atoms with Crippen LogP contribution in [0.2, 0.25) is 0 Å². The van der Waals surface area contributed by atoms with Crippen molar-refractivity contribution in [3.8, 4) is 0 Å². The zero-order valence-corrected chi connectivity index (χ0v) is 14.7. The van der Waals surface area contributed by atoms with Gasteiger partial charge in [-0.05, 0) is 0 Å². The zero-order chi connectivity index (χ0) is 20.3. The molecule has 26 heavy (non-hydrogen) atoms. The van der Waals surface area contributed by atoms with Gasteiger partial charge in [0.15, 0.2) is 6.17 Å². The Bertz CT molecular complexity index is 713. The van der Waals surface area contributed by atoms with Crippen molar-refractivity contribution < 1.29 is 40.8 Å². The number of alkyl halides is 4. The van der Waals surface area contributed by atoms with Gasteiger partial charge in [0, 0.05) is 19.7 Å². The van der Waals surface area contributed by atoms with E-state index in [0.717, 1.165) is 9.21 Å². The van der Waals surface area contributed by atoms with Crippen molar-refractivity contribution in [3.05, 3.63) is 12.4 Å². The van der Waals surface area contributed by atoms with Crippen LogP contribution in [0, 0.1) is 0 Å². The van der Waals surface area contributed by atoms with Gasteiger partial charge in [0.1, 0.15) is 12.5 Å². The summed E-state index contributed by atoms with van der Waals surface area (Å²) in [5, 5.41) is 18.0. The highest BCUT2D eigenvalue weighted by Crippen LogP contribution is 2.22. The van der Waals surface area contributed by atoms with E-state index in [1.54, 1.807) is 13.2 Å². The van der Waals surface area contributed by atoms with Crippen LogP contribution in [0.15, 0.2) is 12.4 Å². The number of carbonyl (C=O) groups excluding carboxylic acids is 1. The second-order valence-corrected chi connectivity index (χ2v) is 7.27. The fraction of sp³-hybridized carbons (Fsp3) is 0.667. The van der Waals surface area contributed by atoms with Gasteiger partial charge in [0.2, 0.25) is 0 Å². The van der Waals surface area contributed by atoms with Crippen LogP contribution in [0.3, 0.4) is 0 Å². The van der Waals surface area contributed by atoms with Crippen LogP contribution in [-0.2, 0) is 22.1 Å². The molecule has 1 fully saturated rings. The van der Waals surface area contributed by atoms with E-state index in [1.807, 2.05) is 7.05 Å². The smallest absolute Gasteiger partial charge is 0.430 e. The normalized spacial score (nSPS) is 23.7. The Morgan fingerprint density at radius 1 is 1.46 bits per heavy atom. The number of nitrogens with zero attached hydrogens (tertiary/aromatic N) is 3. The van der Waals surface area contributed by atoms with Gasteiger partial charge in [-0.3, -0.25) is 4.68 Å². The van der Waals surface area contributed by atoms with Gasteiger partial charge < -0.3 is 14.8 Å². The number of rotatable bonds is 3. The summed E-state index contributed by atoms with van der Waals surface area (Å²) in [4.78, 5) is 9.73. The molecular formula is C12H19F4N5O4S. The molecule has 3 N–H and O–H groups in total. The highest BCUT2D eigenvalue weighted by atomic mass is 32.2. The van der Waals surface area contributed by atoms with Gasteiger partial charge in [-0.1, -0.05) is 0 Å². The summed E-state index contributed by atoms with van der Waals surface area (Å²) >= 11 is 0. The number of anilines is 1. The maximum absolute atomic E-state index is 13.6. The molecule has 1 saturated heterocycles. The van der Waals surface area contributed by atoms with Gasteiger partial charge in [-0.2, -0.15) is 26.7 Å². The molecule has 1 unspecified atom stereocenters. The van der Waals surface area contributed by atoms with Crippen molar-refractivity contribution in [2.75, 3.05) is 24.4 Å². The number of halogens is 4. The fourth-order valence-electron chi connectivity index (χ4n) is 2.59. The Morgan fingerprint density at radius 2 is 2.00 bits per heavy atom. The van der Waals surface area contributed by atoms with Crippen molar-refractivity contribution in [1.29, 1.82) is 0 Å². The lowest BCUT2D eigenvalue weighted by Crippen LogP contribution is -3.13. The van der Waals surface area contributed by atoms with E-state index >= 15 is 0 Å². The highest BCUT2D eigenvalue weighted by Gasteiger charge is 2.37. The molecular weight excluding hydrogens is 386 g/mol. The first kappa shape index (κ1) is 22.1. The number of carboxylic acids is 1. The van der Waals surface area contributed by atoms with Crippen LogP contribution in [-0.4, -0.2) is 62.7 Å². The number of piperidine rings is 1. The third-order valence-electron chi connectivity index (χ3n) is 3.46. The number of quaternary nitrogens is 1. The van der Waals surface area contributed by atoms with Crippen LogP contribution < -0.4 is 19.5 Å². The molecule has 0 aliphatic carbocycles. The lowest BCUT2D eigenvalue weighted by atomic mass is 10.0. The molecule has 1 aliphatic rings. The van der Waals surface area contributed by atoms with Crippen molar-refractivity contribution in [2.24, 2.45) is 12.2 Å². The summed E-state index contributed by atoms with van der Waals surface area (Å²) in [7, 11) is -0.433. The molecule has 150 valence electrons. The van der Waals surface area contributed by atoms with Crippen LogP contribution in [0.5, 0.6) is 0 Å². The SMILES string of the molecule is Cn1cc(N([C@H]2C[C@H](F)C[NH+](C)C2)S(N)(=O)=O)cn1.O=C([O-])C(F)(F)F. The molecule has 2 heterocycles. The molecule has 9 nitrogen and oxygen atoms in total. The first-order valence-electron chi connectivity index (χ1n) is 7.26. The van der Waals surface area contributed by atoms with Crippen molar-refractivity contribution in [2.45, 2.75) is 24.8 Å². The minimum Gasteiger partial charge on any atom is -0.542 e. The largest absolute Gasteiger partial charge is 0.542 e. The molecule has 3 atom stereocenters. The van der Waals surface area contributed by atoms with Crippen LogP contribution in [0.25, 0.3) is 0 Å². The van der Waals surface area contributed by atoms with E-state index in [9.17, 15) is 26.0 Å². The van der Waals surface area contributed by atoms with Gasteiger partial charge in [-0.15, -0.1) is 0 Å². The van der Waals surface area contributed by atoms with E-state index in [2.05, 4.69) is 5.10 Å². The number of carboxylic acid groups (broad SMARTS) is 1. The number of aliphatic carboxylic acids is 1. The topological polar surface area (TPSA) is 126 Å². The minimum absolute atomic E-state index is 0.155. The summed E-state index contributed by atoms with van der Waals surface area (Å²) in [6.45, 7) is 0.910. The van der Waals surface area contributed by atoms with Crippen molar-refractivity contribution in [3.63, 3.8) is 0 Å². The van der Waals surface area contributed by atoms with Crippen molar-refractivity contribution >= 4 is 21.9 Å². The zero-order valence-electron chi connectivity index (χ0n) is 13.9. The van der Waals surface area contributed by atoms with Crippen LogP contribution in [0.1, 0.15) is 6.42 Å². The van der Waals surface area contributed by atoms with Gasteiger partial charge in [0.25, 0.3) is 10.2 Å². The number of hydrogen-bond acceptors (Lipinski definition) is 5. The average Bonchev–Trinajstić information content (AvgIpc) is 2.81. The fourth-order valence-corrected chi connectivity index (χ4v) is 3.56. The number of likely N-dealkylation sites (N-methyl/N-ethyl adjacent to an activating group) is 1. The van der Waals surface area contributed by atoms with Gasteiger partial charge in [-0.25, -0.2) is 13.8 Å². The molecule has 0 saturated carbocycles. The van der Waals surface area contributed by atoms with E-state index in [-0.39, 0.29) is 6.42 Å². The summed E-state index contributed by atoms with van der Waals surface area (Å²) in [6, 6.07) is -0.483. The third kappa shape index (κ3) is 6.42. The number of carbonyl (C=O) groups is 1. The maximum atomic E-state index is 13.6. The second-order valence-electron chi connectivity index (χ2n) is 5.85. The lowest BCUT2D eigenvalue weighted by molar-refractivity contribution is -0.888.